The van der Waals surface area contributed by atoms with E-state index in [9.17, 15) is 0 Å². The van der Waals surface area contributed by atoms with Crippen LogP contribution >= 0.6 is 11.3 Å². The van der Waals surface area contributed by atoms with Gasteiger partial charge in [-0.15, -0.1) is 11.3 Å². The summed E-state index contributed by atoms with van der Waals surface area (Å²) in [6.07, 6.45) is 3.57. The molecule has 4 aromatic heterocycles. The summed E-state index contributed by atoms with van der Waals surface area (Å²) in [6.45, 7) is 4.04. The number of pyridine rings is 3. The van der Waals surface area contributed by atoms with Crippen molar-refractivity contribution in [1.29, 1.82) is 0 Å². The highest BCUT2D eigenvalue weighted by atomic mass is 32.1. The Hall–Kier alpha value is -4.09. The summed E-state index contributed by atoms with van der Waals surface area (Å²) in [5.74, 6) is 1.43. The molecule has 34 heavy (non-hydrogen) atoms. The van der Waals surface area contributed by atoms with Crippen molar-refractivity contribution in [2.45, 2.75) is 13.8 Å². The Kier molecular flexibility index (Phi) is 5.04. The van der Waals surface area contributed by atoms with Crippen LogP contribution < -0.4 is 4.74 Å². The molecule has 0 fully saturated rings. The Balaban J connectivity index is 1.44. The second-order valence-corrected chi connectivity index (χ2v) is 9.15. The van der Waals surface area contributed by atoms with E-state index in [1.807, 2.05) is 44.2 Å². The minimum absolute atomic E-state index is 0.683. The third-order valence-electron chi connectivity index (χ3n) is 6.05. The molecule has 0 radical (unpaired) electrons. The minimum Gasteiger partial charge on any atom is -0.454 e. The number of benzene rings is 2. The molecule has 0 amide bonds. The van der Waals surface area contributed by atoms with Crippen LogP contribution in [0, 0.1) is 13.8 Å². The monoisotopic (exact) mass is 459 g/mol. The van der Waals surface area contributed by atoms with E-state index < -0.39 is 0 Å². The molecular formula is C29H21N3OS. The zero-order valence-electron chi connectivity index (χ0n) is 18.8. The lowest BCUT2D eigenvalue weighted by Crippen LogP contribution is -1.98. The molecule has 4 heterocycles. The lowest BCUT2D eigenvalue weighted by atomic mass is 10.0. The summed E-state index contributed by atoms with van der Waals surface area (Å²) in [5, 5.41) is 4.43. The Bertz CT molecular complexity index is 1660. The van der Waals surface area contributed by atoms with Gasteiger partial charge in [-0.3, -0.25) is 9.97 Å². The van der Waals surface area contributed by atoms with E-state index in [0.717, 1.165) is 44.9 Å². The molecule has 0 saturated heterocycles. The van der Waals surface area contributed by atoms with E-state index in [1.165, 1.54) is 15.6 Å². The molecule has 0 aliphatic carbocycles. The fraction of sp³-hybridized carbons (Fsp3) is 0.0690. The topological polar surface area (TPSA) is 47.9 Å². The standard InChI is InChI=1S/C29H21N3OS/c1-18-15-27(29(32-19(18)2)24-8-5-6-13-30-24)33-26-12-14-31-25-16-20(10-11-22(25)26)23-17-34-28-9-4-3-7-21(23)28/h3-17H,1-2H3. The normalized spacial score (nSPS) is 11.2. The number of aryl methyl sites for hydroxylation is 2. The summed E-state index contributed by atoms with van der Waals surface area (Å²) in [6, 6.07) is 24.6. The minimum atomic E-state index is 0.683. The average molecular weight is 460 g/mol. The van der Waals surface area contributed by atoms with Crippen molar-refractivity contribution in [2.24, 2.45) is 0 Å². The maximum atomic E-state index is 6.47. The van der Waals surface area contributed by atoms with Gasteiger partial charge in [-0.05, 0) is 72.8 Å². The summed E-state index contributed by atoms with van der Waals surface area (Å²) in [4.78, 5) is 13.9. The van der Waals surface area contributed by atoms with E-state index in [0.29, 0.717) is 5.75 Å². The molecule has 164 valence electrons. The molecule has 0 N–H and O–H groups in total. The van der Waals surface area contributed by atoms with Crippen LogP contribution in [-0.2, 0) is 0 Å². The number of ether oxygens (including phenoxy) is 1. The molecular weight excluding hydrogens is 438 g/mol. The number of rotatable bonds is 4. The molecule has 0 aliphatic heterocycles. The maximum absolute atomic E-state index is 6.47. The number of nitrogens with zero attached hydrogens (tertiary/aromatic N) is 3. The van der Waals surface area contributed by atoms with Gasteiger partial charge >= 0.3 is 0 Å². The van der Waals surface area contributed by atoms with Gasteiger partial charge in [-0.25, -0.2) is 4.98 Å². The van der Waals surface area contributed by atoms with Gasteiger partial charge in [0.1, 0.15) is 11.4 Å². The molecule has 0 atom stereocenters. The first-order valence-corrected chi connectivity index (χ1v) is 12.0. The first-order chi connectivity index (χ1) is 16.7. The van der Waals surface area contributed by atoms with E-state index >= 15 is 0 Å². The van der Waals surface area contributed by atoms with E-state index in [1.54, 1.807) is 23.7 Å². The average Bonchev–Trinajstić information content (AvgIpc) is 3.31. The van der Waals surface area contributed by atoms with Gasteiger partial charge in [-0.1, -0.05) is 30.3 Å². The van der Waals surface area contributed by atoms with Crippen molar-refractivity contribution >= 4 is 32.3 Å². The highest BCUT2D eigenvalue weighted by Gasteiger charge is 2.15. The lowest BCUT2D eigenvalue weighted by molar-refractivity contribution is 0.486. The molecule has 0 aliphatic rings. The highest BCUT2D eigenvalue weighted by Crippen LogP contribution is 2.38. The van der Waals surface area contributed by atoms with Crippen LogP contribution in [0.1, 0.15) is 11.3 Å². The van der Waals surface area contributed by atoms with Crippen molar-refractivity contribution < 1.29 is 4.74 Å². The van der Waals surface area contributed by atoms with Crippen LogP contribution in [0.5, 0.6) is 11.5 Å². The summed E-state index contributed by atoms with van der Waals surface area (Å²) < 4.78 is 7.76. The van der Waals surface area contributed by atoms with Gasteiger partial charge in [0.15, 0.2) is 5.75 Å². The van der Waals surface area contributed by atoms with E-state index in [4.69, 9.17) is 9.72 Å². The molecule has 6 rings (SSSR count). The predicted octanol–water partition coefficient (Wildman–Crippen LogP) is 7.98. The number of hydrogen-bond donors (Lipinski definition) is 0. The molecule has 0 spiro atoms. The molecule has 0 bridgehead atoms. The van der Waals surface area contributed by atoms with Crippen molar-refractivity contribution in [3.63, 3.8) is 0 Å². The third kappa shape index (κ3) is 3.60. The van der Waals surface area contributed by atoms with Crippen molar-refractivity contribution in [3.8, 4) is 34.0 Å². The Morgan fingerprint density at radius 3 is 2.53 bits per heavy atom. The van der Waals surface area contributed by atoms with Gasteiger partial charge in [0.2, 0.25) is 0 Å². The molecule has 0 saturated carbocycles. The quantitative estimate of drug-likeness (QED) is 0.268. The fourth-order valence-electron chi connectivity index (χ4n) is 4.14. The molecule has 5 heteroatoms. The van der Waals surface area contributed by atoms with Crippen LogP contribution in [-0.4, -0.2) is 15.0 Å². The van der Waals surface area contributed by atoms with Gasteiger partial charge in [0, 0.05) is 39.1 Å². The number of thiophene rings is 1. The predicted molar refractivity (Wildman–Crippen MR) is 140 cm³/mol. The van der Waals surface area contributed by atoms with Crippen LogP contribution in [0.25, 0.3) is 43.5 Å². The van der Waals surface area contributed by atoms with Crippen molar-refractivity contribution in [2.75, 3.05) is 0 Å². The second kappa shape index (κ2) is 8.36. The first kappa shape index (κ1) is 20.5. The zero-order chi connectivity index (χ0) is 23.1. The summed E-state index contributed by atoms with van der Waals surface area (Å²) in [5.41, 5.74) is 6.81. The van der Waals surface area contributed by atoms with Gasteiger partial charge in [0.25, 0.3) is 0 Å². The fourth-order valence-corrected chi connectivity index (χ4v) is 5.11. The van der Waals surface area contributed by atoms with Crippen molar-refractivity contribution in [1.82, 2.24) is 15.0 Å². The summed E-state index contributed by atoms with van der Waals surface area (Å²) in [7, 11) is 0. The Morgan fingerprint density at radius 2 is 1.65 bits per heavy atom. The largest absolute Gasteiger partial charge is 0.454 e. The first-order valence-electron chi connectivity index (χ1n) is 11.1. The van der Waals surface area contributed by atoms with Crippen molar-refractivity contribution in [3.05, 3.63) is 102 Å². The van der Waals surface area contributed by atoms with Gasteiger partial charge < -0.3 is 4.74 Å². The van der Waals surface area contributed by atoms with E-state index in [2.05, 4.69) is 57.8 Å². The Morgan fingerprint density at radius 1 is 0.765 bits per heavy atom. The molecule has 0 unspecified atom stereocenters. The van der Waals surface area contributed by atoms with Crippen LogP contribution in [0.4, 0.5) is 0 Å². The SMILES string of the molecule is Cc1cc(Oc2ccnc3cc(-c4csc5ccccc45)ccc23)c(-c2ccccn2)nc1C. The third-order valence-corrected chi connectivity index (χ3v) is 7.02. The molecule has 4 nitrogen and oxygen atoms in total. The van der Waals surface area contributed by atoms with Crippen LogP contribution in [0.3, 0.4) is 0 Å². The Labute approximate surface area is 201 Å². The lowest BCUT2D eigenvalue weighted by Gasteiger charge is -2.14. The zero-order valence-corrected chi connectivity index (χ0v) is 19.6. The molecule has 2 aromatic carbocycles. The van der Waals surface area contributed by atoms with Gasteiger partial charge in [0.05, 0.1) is 11.2 Å². The highest BCUT2D eigenvalue weighted by molar-refractivity contribution is 7.17. The van der Waals surface area contributed by atoms with Crippen LogP contribution in [0.15, 0.2) is 90.6 Å². The summed E-state index contributed by atoms with van der Waals surface area (Å²) >= 11 is 1.76. The maximum Gasteiger partial charge on any atom is 0.155 e. The number of fused-ring (bicyclic) bond motifs is 2. The van der Waals surface area contributed by atoms with Gasteiger partial charge in [-0.2, -0.15) is 0 Å². The van der Waals surface area contributed by atoms with Crippen LogP contribution in [0.2, 0.25) is 0 Å². The number of hydrogen-bond acceptors (Lipinski definition) is 5. The smallest absolute Gasteiger partial charge is 0.155 e. The molecule has 6 aromatic rings. The second-order valence-electron chi connectivity index (χ2n) is 8.24. The number of aromatic nitrogens is 3. The van der Waals surface area contributed by atoms with E-state index in [-0.39, 0.29) is 0 Å².